The fraction of sp³-hybridized carbons (Fsp3) is 0.500. The Hall–Kier alpha value is -1.92. The van der Waals surface area contributed by atoms with Gasteiger partial charge in [-0.15, -0.1) is 0 Å². The van der Waals surface area contributed by atoms with Crippen LogP contribution in [0.4, 0.5) is 0 Å². The SMILES string of the molecule is COc1cccc(CN2CCN(Cc3cc(C)on3)CC2)n1. The molecule has 1 aliphatic rings. The molecular weight excluding hydrogens is 280 g/mol. The van der Waals surface area contributed by atoms with Crippen molar-refractivity contribution in [2.75, 3.05) is 33.3 Å². The lowest BCUT2D eigenvalue weighted by Gasteiger charge is -2.34. The summed E-state index contributed by atoms with van der Waals surface area (Å²) in [6.07, 6.45) is 0. The van der Waals surface area contributed by atoms with Crippen LogP contribution in [0.2, 0.25) is 0 Å². The maximum atomic E-state index is 5.18. The highest BCUT2D eigenvalue weighted by atomic mass is 16.5. The van der Waals surface area contributed by atoms with Crippen LogP contribution in [0.15, 0.2) is 28.8 Å². The summed E-state index contributed by atoms with van der Waals surface area (Å²) in [4.78, 5) is 9.31. The van der Waals surface area contributed by atoms with Crippen molar-refractivity contribution in [3.05, 3.63) is 41.4 Å². The van der Waals surface area contributed by atoms with Gasteiger partial charge in [-0.3, -0.25) is 9.80 Å². The lowest BCUT2D eigenvalue weighted by atomic mass is 10.2. The molecule has 3 heterocycles. The molecule has 0 amide bonds. The summed E-state index contributed by atoms with van der Waals surface area (Å²) in [5, 5.41) is 4.06. The zero-order valence-electron chi connectivity index (χ0n) is 13.2. The summed E-state index contributed by atoms with van der Waals surface area (Å²) in [6, 6.07) is 7.92. The number of aryl methyl sites for hydroxylation is 1. The van der Waals surface area contributed by atoms with Gasteiger partial charge in [-0.05, 0) is 13.0 Å². The minimum Gasteiger partial charge on any atom is -0.481 e. The second-order valence-electron chi connectivity index (χ2n) is 5.65. The van der Waals surface area contributed by atoms with Crippen molar-refractivity contribution in [1.82, 2.24) is 19.9 Å². The fourth-order valence-corrected chi connectivity index (χ4v) is 2.72. The maximum Gasteiger partial charge on any atom is 0.213 e. The van der Waals surface area contributed by atoms with Gasteiger partial charge in [-0.25, -0.2) is 4.98 Å². The Morgan fingerprint density at radius 3 is 2.36 bits per heavy atom. The van der Waals surface area contributed by atoms with Crippen molar-refractivity contribution >= 4 is 0 Å². The molecule has 1 fully saturated rings. The van der Waals surface area contributed by atoms with Gasteiger partial charge >= 0.3 is 0 Å². The van der Waals surface area contributed by atoms with Crippen LogP contribution < -0.4 is 4.74 Å². The van der Waals surface area contributed by atoms with E-state index in [2.05, 4.69) is 19.9 Å². The largest absolute Gasteiger partial charge is 0.481 e. The topological polar surface area (TPSA) is 54.6 Å². The molecule has 1 aliphatic heterocycles. The molecule has 22 heavy (non-hydrogen) atoms. The van der Waals surface area contributed by atoms with Crippen LogP contribution in [0.25, 0.3) is 0 Å². The standard InChI is InChI=1S/C16H22N4O2/c1-13-10-15(18-22-13)12-20-8-6-19(7-9-20)11-14-4-3-5-16(17-14)21-2/h3-5,10H,6-9,11-12H2,1-2H3. The first-order chi connectivity index (χ1) is 10.7. The number of piperazine rings is 1. The number of pyridine rings is 1. The van der Waals surface area contributed by atoms with Crippen LogP contribution in [0, 0.1) is 6.92 Å². The monoisotopic (exact) mass is 302 g/mol. The van der Waals surface area contributed by atoms with Gasteiger partial charge in [-0.1, -0.05) is 11.2 Å². The van der Waals surface area contributed by atoms with Crippen LogP contribution in [-0.4, -0.2) is 53.2 Å². The van der Waals surface area contributed by atoms with Gasteiger partial charge in [-0.2, -0.15) is 0 Å². The zero-order valence-corrected chi connectivity index (χ0v) is 13.2. The third kappa shape index (κ3) is 3.84. The Morgan fingerprint density at radius 2 is 1.77 bits per heavy atom. The molecule has 0 aliphatic carbocycles. The predicted molar refractivity (Wildman–Crippen MR) is 82.6 cm³/mol. The molecule has 2 aromatic heterocycles. The molecule has 3 rings (SSSR count). The van der Waals surface area contributed by atoms with Gasteiger partial charge in [0.15, 0.2) is 0 Å². The van der Waals surface area contributed by atoms with Gasteiger partial charge in [0.2, 0.25) is 5.88 Å². The molecule has 2 aromatic rings. The summed E-state index contributed by atoms with van der Waals surface area (Å²) >= 11 is 0. The van der Waals surface area contributed by atoms with Crippen LogP contribution in [0.3, 0.4) is 0 Å². The summed E-state index contributed by atoms with van der Waals surface area (Å²) < 4.78 is 10.3. The first-order valence-electron chi connectivity index (χ1n) is 7.60. The van der Waals surface area contributed by atoms with E-state index in [1.165, 1.54) is 0 Å². The van der Waals surface area contributed by atoms with Crippen molar-refractivity contribution in [3.63, 3.8) is 0 Å². The van der Waals surface area contributed by atoms with Crippen molar-refractivity contribution in [3.8, 4) is 5.88 Å². The Morgan fingerprint density at radius 1 is 1.09 bits per heavy atom. The third-order valence-electron chi connectivity index (χ3n) is 3.90. The molecule has 118 valence electrons. The van der Waals surface area contributed by atoms with E-state index in [1.54, 1.807) is 7.11 Å². The van der Waals surface area contributed by atoms with Gasteiger partial charge < -0.3 is 9.26 Å². The Labute approximate surface area is 130 Å². The van der Waals surface area contributed by atoms with Gasteiger partial charge in [0.25, 0.3) is 0 Å². The molecule has 0 spiro atoms. The lowest BCUT2D eigenvalue weighted by Crippen LogP contribution is -2.45. The average molecular weight is 302 g/mol. The van der Waals surface area contributed by atoms with Crippen LogP contribution >= 0.6 is 0 Å². The minimum atomic E-state index is 0.678. The molecular formula is C16H22N4O2. The fourth-order valence-electron chi connectivity index (χ4n) is 2.72. The highest BCUT2D eigenvalue weighted by molar-refractivity contribution is 5.15. The van der Waals surface area contributed by atoms with Gasteiger partial charge in [0.1, 0.15) is 5.76 Å². The molecule has 6 nitrogen and oxygen atoms in total. The number of hydrogen-bond acceptors (Lipinski definition) is 6. The summed E-state index contributed by atoms with van der Waals surface area (Å²) in [5.41, 5.74) is 2.07. The Bertz CT molecular complexity index is 606. The molecule has 0 unspecified atom stereocenters. The number of ether oxygens (including phenoxy) is 1. The Balaban J connectivity index is 1.49. The van der Waals surface area contributed by atoms with Crippen molar-refractivity contribution in [2.24, 2.45) is 0 Å². The van der Waals surface area contributed by atoms with Crippen molar-refractivity contribution in [1.29, 1.82) is 0 Å². The van der Waals surface area contributed by atoms with E-state index < -0.39 is 0 Å². The summed E-state index contributed by atoms with van der Waals surface area (Å²) in [6.45, 7) is 7.81. The number of rotatable bonds is 5. The number of methoxy groups -OCH3 is 1. The number of hydrogen-bond donors (Lipinski definition) is 0. The van der Waals surface area contributed by atoms with Gasteiger partial charge in [0, 0.05) is 51.4 Å². The quantitative estimate of drug-likeness (QED) is 0.838. The zero-order chi connectivity index (χ0) is 15.4. The van der Waals surface area contributed by atoms with Crippen LogP contribution in [0.5, 0.6) is 5.88 Å². The maximum absolute atomic E-state index is 5.18. The summed E-state index contributed by atoms with van der Waals surface area (Å²) in [5.74, 6) is 1.55. The van der Waals surface area contributed by atoms with Crippen LogP contribution in [0.1, 0.15) is 17.1 Å². The predicted octanol–water partition coefficient (Wildman–Crippen LogP) is 1.70. The van der Waals surface area contributed by atoms with E-state index >= 15 is 0 Å². The Kier molecular flexibility index (Phi) is 4.70. The van der Waals surface area contributed by atoms with Gasteiger partial charge in [0.05, 0.1) is 18.5 Å². The van der Waals surface area contributed by atoms with Crippen molar-refractivity contribution < 1.29 is 9.26 Å². The smallest absolute Gasteiger partial charge is 0.213 e. The van der Waals surface area contributed by atoms with E-state index in [4.69, 9.17) is 9.26 Å². The second-order valence-corrected chi connectivity index (χ2v) is 5.65. The molecule has 0 atom stereocenters. The molecule has 0 radical (unpaired) electrons. The molecule has 0 bridgehead atoms. The number of aromatic nitrogens is 2. The second kappa shape index (κ2) is 6.89. The van der Waals surface area contributed by atoms with Crippen LogP contribution in [-0.2, 0) is 13.1 Å². The number of nitrogens with zero attached hydrogens (tertiary/aromatic N) is 4. The highest BCUT2D eigenvalue weighted by Gasteiger charge is 2.18. The van der Waals surface area contributed by atoms with E-state index in [9.17, 15) is 0 Å². The highest BCUT2D eigenvalue weighted by Crippen LogP contribution is 2.12. The molecule has 0 saturated carbocycles. The minimum absolute atomic E-state index is 0.678. The lowest BCUT2D eigenvalue weighted by molar-refractivity contribution is 0.119. The van der Waals surface area contributed by atoms with E-state index in [0.717, 1.165) is 56.4 Å². The van der Waals surface area contributed by atoms with Crippen molar-refractivity contribution in [2.45, 2.75) is 20.0 Å². The molecule has 6 heteroatoms. The first-order valence-corrected chi connectivity index (χ1v) is 7.60. The molecule has 1 saturated heterocycles. The van der Waals surface area contributed by atoms with E-state index in [-0.39, 0.29) is 0 Å². The molecule has 0 aromatic carbocycles. The first kappa shape index (κ1) is 15.0. The molecule has 0 N–H and O–H groups in total. The average Bonchev–Trinajstić information content (AvgIpc) is 2.94. The summed E-state index contributed by atoms with van der Waals surface area (Å²) in [7, 11) is 1.65. The normalized spacial score (nSPS) is 16.8. The van der Waals surface area contributed by atoms with E-state index in [1.807, 2.05) is 31.2 Å². The van der Waals surface area contributed by atoms with E-state index in [0.29, 0.717) is 5.88 Å². The third-order valence-corrected chi connectivity index (χ3v) is 3.90.